The molecule has 4 aromatic rings. The van der Waals surface area contributed by atoms with E-state index in [1.165, 1.54) is 11.3 Å². The molecule has 150 valence electrons. The fourth-order valence-corrected chi connectivity index (χ4v) is 4.97. The van der Waals surface area contributed by atoms with Crippen LogP contribution in [0, 0.1) is 20.8 Å². The second kappa shape index (κ2) is 6.79. The van der Waals surface area contributed by atoms with Crippen molar-refractivity contribution in [2.24, 2.45) is 0 Å². The van der Waals surface area contributed by atoms with E-state index in [2.05, 4.69) is 4.98 Å². The van der Waals surface area contributed by atoms with Crippen LogP contribution in [0.1, 0.15) is 43.9 Å². The van der Waals surface area contributed by atoms with E-state index in [1.54, 1.807) is 29.2 Å². The number of aryl methyl sites for hydroxylation is 3. The minimum Gasteiger partial charge on any atom is -0.450 e. The Hall–Kier alpha value is -2.96. The van der Waals surface area contributed by atoms with Gasteiger partial charge in [-0.15, -0.1) is 11.3 Å². The topological polar surface area (TPSA) is 63.4 Å². The summed E-state index contributed by atoms with van der Waals surface area (Å²) in [7, 11) is 0. The van der Waals surface area contributed by atoms with E-state index in [0.717, 1.165) is 21.7 Å². The van der Waals surface area contributed by atoms with Gasteiger partial charge in [0.25, 0.3) is 5.91 Å². The largest absolute Gasteiger partial charge is 0.450 e. The van der Waals surface area contributed by atoms with Crippen molar-refractivity contribution in [3.05, 3.63) is 90.7 Å². The molecule has 5 nitrogen and oxygen atoms in total. The summed E-state index contributed by atoms with van der Waals surface area (Å²) in [5.74, 6) is -0.310. The minimum atomic E-state index is -0.655. The van der Waals surface area contributed by atoms with E-state index in [1.807, 2.05) is 39.0 Å². The highest BCUT2D eigenvalue weighted by atomic mass is 35.5. The van der Waals surface area contributed by atoms with Crippen LogP contribution in [0.4, 0.5) is 5.13 Å². The molecule has 7 heteroatoms. The maximum absolute atomic E-state index is 13.5. The number of fused-ring (bicyclic) bond motifs is 2. The molecular formula is C23H17ClN2O3S. The second-order valence-corrected chi connectivity index (χ2v) is 9.06. The van der Waals surface area contributed by atoms with Crippen molar-refractivity contribution in [2.45, 2.75) is 26.8 Å². The summed E-state index contributed by atoms with van der Waals surface area (Å²) >= 11 is 7.67. The number of aromatic nitrogens is 1. The minimum absolute atomic E-state index is 0.0619. The van der Waals surface area contributed by atoms with Gasteiger partial charge in [-0.3, -0.25) is 14.5 Å². The zero-order chi connectivity index (χ0) is 21.2. The van der Waals surface area contributed by atoms with Gasteiger partial charge in [0.2, 0.25) is 5.76 Å². The van der Waals surface area contributed by atoms with Crippen LogP contribution >= 0.6 is 22.9 Å². The summed E-state index contributed by atoms with van der Waals surface area (Å²) in [6, 6.07) is 11.9. The van der Waals surface area contributed by atoms with Gasteiger partial charge in [0.05, 0.1) is 22.7 Å². The van der Waals surface area contributed by atoms with E-state index in [0.29, 0.717) is 26.7 Å². The third-order valence-electron chi connectivity index (χ3n) is 5.41. The molecule has 0 bridgehead atoms. The van der Waals surface area contributed by atoms with Gasteiger partial charge in [-0.25, -0.2) is 4.98 Å². The number of benzene rings is 2. The number of anilines is 1. The SMILES string of the molecule is Cc1ccc2oc3c(c(=O)c2c1)[C@@H](c1cccc(Cl)c1)N(c1nc(C)c(C)s1)C3=O. The Bertz CT molecular complexity index is 1390. The number of halogens is 1. The average Bonchev–Trinajstić information content (AvgIpc) is 3.19. The lowest BCUT2D eigenvalue weighted by atomic mass is 9.98. The van der Waals surface area contributed by atoms with E-state index >= 15 is 0 Å². The van der Waals surface area contributed by atoms with Crippen molar-refractivity contribution in [3.8, 4) is 0 Å². The Morgan fingerprint density at radius 2 is 1.90 bits per heavy atom. The molecule has 0 saturated heterocycles. The molecule has 0 radical (unpaired) electrons. The van der Waals surface area contributed by atoms with Crippen LogP contribution in [0.15, 0.2) is 51.7 Å². The van der Waals surface area contributed by atoms with Crippen molar-refractivity contribution < 1.29 is 9.21 Å². The van der Waals surface area contributed by atoms with E-state index in [-0.39, 0.29) is 17.1 Å². The van der Waals surface area contributed by atoms with Crippen molar-refractivity contribution in [2.75, 3.05) is 4.90 Å². The summed E-state index contributed by atoms with van der Waals surface area (Å²) < 4.78 is 5.98. The average molecular weight is 437 g/mol. The summed E-state index contributed by atoms with van der Waals surface area (Å²) in [5, 5.41) is 1.52. The maximum atomic E-state index is 13.5. The number of hydrogen-bond acceptors (Lipinski definition) is 5. The van der Waals surface area contributed by atoms with Crippen molar-refractivity contribution in [3.63, 3.8) is 0 Å². The number of thiazole rings is 1. The van der Waals surface area contributed by atoms with Crippen molar-refractivity contribution in [1.82, 2.24) is 4.98 Å². The van der Waals surface area contributed by atoms with Crippen LogP contribution in [0.5, 0.6) is 0 Å². The van der Waals surface area contributed by atoms with Gasteiger partial charge in [0.1, 0.15) is 5.58 Å². The molecule has 0 fully saturated rings. The normalized spacial score (nSPS) is 15.8. The molecule has 2 aromatic heterocycles. The van der Waals surface area contributed by atoms with Crippen molar-refractivity contribution >= 4 is 44.9 Å². The van der Waals surface area contributed by atoms with E-state index < -0.39 is 6.04 Å². The highest BCUT2D eigenvalue weighted by Crippen LogP contribution is 2.43. The third-order valence-corrected chi connectivity index (χ3v) is 6.72. The van der Waals surface area contributed by atoms with Crippen LogP contribution in [-0.2, 0) is 0 Å². The molecular weight excluding hydrogens is 420 g/mol. The van der Waals surface area contributed by atoms with Crippen LogP contribution in [0.2, 0.25) is 5.02 Å². The summed E-state index contributed by atoms with van der Waals surface area (Å²) in [6.45, 7) is 5.77. The van der Waals surface area contributed by atoms with Gasteiger partial charge < -0.3 is 4.42 Å². The molecule has 0 N–H and O–H groups in total. The van der Waals surface area contributed by atoms with Crippen LogP contribution in [0.25, 0.3) is 11.0 Å². The molecule has 2 aromatic carbocycles. The highest BCUT2D eigenvalue weighted by Gasteiger charge is 2.45. The molecule has 3 heterocycles. The molecule has 1 amide bonds. The lowest BCUT2D eigenvalue weighted by Gasteiger charge is -2.22. The number of nitrogens with zero attached hydrogens (tertiary/aromatic N) is 2. The first-order valence-corrected chi connectivity index (χ1v) is 10.6. The van der Waals surface area contributed by atoms with Crippen LogP contribution < -0.4 is 10.3 Å². The Kier molecular flexibility index (Phi) is 4.31. The molecule has 0 saturated carbocycles. The molecule has 5 rings (SSSR count). The Morgan fingerprint density at radius 1 is 1.10 bits per heavy atom. The Morgan fingerprint density at radius 3 is 2.60 bits per heavy atom. The van der Waals surface area contributed by atoms with Crippen LogP contribution in [-0.4, -0.2) is 10.9 Å². The fourth-order valence-electron chi connectivity index (χ4n) is 3.83. The molecule has 0 spiro atoms. The first-order chi connectivity index (χ1) is 14.3. The summed E-state index contributed by atoms with van der Waals surface area (Å²) in [6.07, 6.45) is 0. The molecule has 0 aliphatic carbocycles. The van der Waals surface area contributed by atoms with Gasteiger partial charge in [0, 0.05) is 9.90 Å². The van der Waals surface area contributed by atoms with Gasteiger partial charge in [-0.2, -0.15) is 0 Å². The Labute approximate surface area is 181 Å². The molecule has 1 aliphatic rings. The summed E-state index contributed by atoms with van der Waals surface area (Å²) in [5.41, 5.74) is 3.05. The molecule has 1 aliphatic heterocycles. The number of rotatable bonds is 2. The van der Waals surface area contributed by atoms with Gasteiger partial charge in [0.15, 0.2) is 10.6 Å². The lowest BCUT2D eigenvalue weighted by molar-refractivity contribution is 0.0971. The van der Waals surface area contributed by atoms with Gasteiger partial charge in [-0.1, -0.05) is 35.4 Å². The zero-order valence-corrected chi connectivity index (χ0v) is 18.1. The predicted octanol–water partition coefficient (Wildman–Crippen LogP) is 5.58. The first kappa shape index (κ1) is 19.0. The number of amides is 1. The first-order valence-electron chi connectivity index (χ1n) is 9.45. The summed E-state index contributed by atoms with van der Waals surface area (Å²) in [4.78, 5) is 34.2. The van der Waals surface area contributed by atoms with E-state index in [9.17, 15) is 9.59 Å². The highest BCUT2D eigenvalue weighted by molar-refractivity contribution is 7.15. The van der Waals surface area contributed by atoms with Gasteiger partial charge in [-0.05, 0) is 50.6 Å². The van der Waals surface area contributed by atoms with Crippen LogP contribution in [0.3, 0.4) is 0 Å². The standard InChI is InChI=1S/C23H17ClN2O3S/c1-11-7-8-17-16(9-11)20(27)18-19(14-5-4-6-15(24)10-14)26(22(28)21(18)29-17)23-25-12(2)13(3)30-23/h4-10,19H,1-3H3/t19-/m1/s1. The number of carbonyl (C=O) groups is 1. The third kappa shape index (κ3) is 2.79. The van der Waals surface area contributed by atoms with E-state index in [4.69, 9.17) is 16.0 Å². The predicted molar refractivity (Wildman–Crippen MR) is 119 cm³/mol. The smallest absolute Gasteiger partial charge is 0.297 e. The second-order valence-electron chi connectivity index (χ2n) is 7.44. The van der Waals surface area contributed by atoms with Gasteiger partial charge >= 0.3 is 0 Å². The lowest BCUT2D eigenvalue weighted by Crippen LogP contribution is -2.29. The van der Waals surface area contributed by atoms with Crippen molar-refractivity contribution in [1.29, 1.82) is 0 Å². The molecule has 1 atom stereocenters. The quantitative estimate of drug-likeness (QED) is 0.411. The number of carbonyl (C=O) groups excluding carboxylic acids is 1. The maximum Gasteiger partial charge on any atom is 0.297 e. The zero-order valence-electron chi connectivity index (χ0n) is 16.5. The molecule has 30 heavy (non-hydrogen) atoms. The monoisotopic (exact) mass is 436 g/mol. The number of hydrogen-bond donors (Lipinski definition) is 0. The molecule has 0 unspecified atom stereocenters. The fraction of sp³-hybridized carbons (Fsp3) is 0.174. The Balaban J connectivity index is 1.84.